The van der Waals surface area contributed by atoms with Crippen LogP contribution in [-0.2, 0) is 9.47 Å². The van der Waals surface area contributed by atoms with Gasteiger partial charge < -0.3 is 14.6 Å². The third-order valence-electron chi connectivity index (χ3n) is 4.03. The van der Waals surface area contributed by atoms with Gasteiger partial charge in [-0.25, -0.2) is 0 Å². The molecule has 1 N–H and O–H groups in total. The van der Waals surface area contributed by atoms with Crippen LogP contribution in [0.5, 0.6) is 0 Å². The van der Waals surface area contributed by atoms with Crippen molar-refractivity contribution in [1.82, 2.24) is 0 Å². The fourth-order valence-electron chi connectivity index (χ4n) is 2.15. The molecule has 15 heavy (non-hydrogen) atoms. The highest BCUT2D eigenvalue weighted by atomic mass is 16.5. The average Bonchev–Trinajstić information content (AvgIpc) is 2.14. The van der Waals surface area contributed by atoms with Gasteiger partial charge in [-0.2, -0.15) is 0 Å². The summed E-state index contributed by atoms with van der Waals surface area (Å²) in [5, 5.41) is 10.4. The Morgan fingerprint density at radius 3 is 2.33 bits per heavy atom. The van der Waals surface area contributed by atoms with Gasteiger partial charge in [0.25, 0.3) is 0 Å². The zero-order valence-corrected chi connectivity index (χ0v) is 10.7. The van der Waals surface area contributed by atoms with Gasteiger partial charge in [0.1, 0.15) is 5.60 Å². The van der Waals surface area contributed by atoms with E-state index >= 15 is 0 Å². The second-order valence-corrected chi connectivity index (χ2v) is 5.35. The average molecular weight is 216 g/mol. The number of methoxy groups -OCH3 is 1. The van der Waals surface area contributed by atoms with Gasteiger partial charge in [0, 0.05) is 13.5 Å². The molecule has 0 unspecified atom stereocenters. The number of hydrogen-bond donors (Lipinski definition) is 1. The van der Waals surface area contributed by atoms with Crippen LogP contribution in [0.2, 0.25) is 0 Å². The van der Waals surface area contributed by atoms with Crippen LogP contribution in [0.4, 0.5) is 0 Å². The van der Waals surface area contributed by atoms with Crippen molar-refractivity contribution < 1.29 is 14.6 Å². The predicted molar refractivity (Wildman–Crippen MR) is 59.8 cm³/mol. The van der Waals surface area contributed by atoms with Crippen molar-refractivity contribution in [2.75, 3.05) is 7.11 Å². The van der Waals surface area contributed by atoms with E-state index in [-0.39, 0.29) is 12.2 Å². The Hall–Kier alpha value is -0.120. The van der Waals surface area contributed by atoms with Crippen molar-refractivity contribution in [3.63, 3.8) is 0 Å². The third kappa shape index (κ3) is 2.05. The molecule has 1 aliphatic heterocycles. The number of ether oxygens (including phenoxy) is 2. The molecule has 0 aliphatic carbocycles. The summed E-state index contributed by atoms with van der Waals surface area (Å²) in [5.41, 5.74) is -1.47. The van der Waals surface area contributed by atoms with E-state index in [1.165, 1.54) is 0 Å². The summed E-state index contributed by atoms with van der Waals surface area (Å²) in [7, 11) is 1.66. The molecule has 0 aromatic rings. The second-order valence-electron chi connectivity index (χ2n) is 5.35. The number of hydrogen-bond acceptors (Lipinski definition) is 3. The molecule has 0 amide bonds. The van der Waals surface area contributed by atoms with Crippen LogP contribution < -0.4 is 0 Å². The summed E-state index contributed by atoms with van der Waals surface area (Å²) in [4.78, 5) is 0. The van der Waals surface area contributed by atoms with Gasteiger partial charge in [-0.3, -0.25) is 0 Å². The Morgan fingerprint density at radius 2 is 1.93 bits per heavy atom. The number of rotatable bonds is 2. The van der Waals surface area contributed by atoms with Gasteiger partial charge >= 0.3 is 0 Å². The molecule has 0 bridgehead atoms. The molecular formula is C12H24O3. The van der Waals surface area contributed by atoms with Crippen LogP contribution in [0.15, 0.2) is 0 Å². The van der Waals surface area contributed by atoms with Crippen molar-refractivity contribution in [2.24, 2.45) is 5.92 Å². The molecular weight excluding hydrogens is 192 g/mol. The summed E-state index contributed by atoms with van der Waals surface area (Å²) in [6.45, 7) is 9.92. The van der Waals surface area contributed by atoms with E-state index in [0.29, 0.717) is 5.92 Å². The summed E-state index contributed by atoms with van der Waals surface area (Å²) < 4.78 is 11.3. The SMILES string of the molecule is CO[C@]1(C)C[C@H](C(C)C)O[C@@H](C)[C@]1(C)O. The van der Waals surface area contributed by atoms with Crippen LogP contribution in [0.1, 0.15) is 41.0 Å². The van der Waals surface area contributed by atoms with E-state index in [4.69, 9.17) is 9.47 Å². The maximum Gasteiger partial charge on any atom is 0.116 e. The molecule has 3 nitrogen and oxygen atoms in total. The van der Waals surface area contributed by atoms with E-state index in [1.54, 1.807) is 14.0 Å². The van der Waals surface area contributed by atoms with E-state index in [1.807, 2.05) is 13.8 Å². The minimum atomic E-state index is -0.937. The fraction of sp³-hybridized carbons (Fsp3) is 1.00. The maximum atomic E-state index is 10.4. The molecule has 0 aromatic carbocycles. The summed E-state index contributed by atoms with van der Waals surface area (Å²) >= 11 is 0. The van der Waals surface area contributed by atoms with Crippen LogP contribution in [0.3, 0.4) is 0 Å². The molecule has 1 rings (SSSR count). The first-order valence-electron chi connectivity index (χ1n) is 5.67. The lowest BCUT2D eigenvalue weighted by Gasteiger charge is -2.52. The zero-order chi connectivity index (χ0) is 11.9. The van der Waals surface area contributed by atoms with Crippen molar-refractivity contribution in [2.45, 2.75) is 64.4 Å². The van der Waals surface area contributed by atoms with Crippen molar-refractivity contribution >= 4 is 0 Å². The molecule has 1 heterocycles. The largest absolute Gasteiger partial charge is 0.384 e. The molecule has 0 saturated carbocycles. The highest BCUT2D eigenvalue weighted by molar-refractivity contribution is 5.04. The van der Waals surface area contributed by atoms with Crippen molar-refractivity contribution in [1.29, 1.82) is 0 Å². The molecule has 0 spiro atoms. The smallest absolute Gasteiger partial charge is 0.116 e. The van der Waals surface area contributed by atoms with Crippen LogP contribution in [0.25, 0.3) is 0 Å². The zero-order valence-electron chi connectivity index (χ0n) is 10.7. The van der Waals surface area contributed by atoms with Gasteiger partial charge in [0.05, 0.1) is 17.8 Å². The quantitative estimate of drug-likeness (QED) is 0.767. The number of aliphatic hydroxyl groups is 1. The molecule has 3 heteroatoms. The van der Waals surface area contributed by atoms with Crippen molar-refractivity contribution in [3.05, 3.63) is 0 Å². The van der Waals surface area contributed by atoms with Crippen LogP contribution >= 0.6 is 0 Å². The molecule has 90 valence electrons. The highest BCUT2D eigenvalue weighted by Gasteiger charge is 2.53. The lowest BCUT2D eigenvalue weighted by atomic mass is 9.74. The lowest BCUT2D eigenvalue weighted by molar-refractivity contribution is -0.269. The summed E-state index contributed by atoms with van der Waals surface area (Å²) in [5.74, 6) is 0.443. The third-order valence-corrected chi connectivity index (χ3v) is 4.03. The Morgan fingerprint density at radius 1 is 1.40 bits per heavy atom. The fourth-order valence-corrected chi connectivity index (χ4v) is 2.15. The first-order valence-corrected chi connectivity index (χ1v) is 5.67. The second kappa shape index (κ2) is 4.04. The van der Waals surface area contributed by atoms with E-state index in [2.05, 4.69) is 13.8 Å². The Kier molecular flexibility index (Phi) is 3.49. The molecule has 1 aliphatic rings. The minimum Gasteiger partial charge on any atom is -0.384 e. The first-order chi connectivity index (χ1) is 6.74. The minimum absolute atomic E-state index is 0.158. The van der Waals surface area contributed by atoms with E-state index < -0.39 is 11.2 Å². The van der Waals surface area contributed by atoms with Gasteiger partial charge in [-0.1, -0.05) is 13.8 Å². The van der Waals surface area contributed by atoms with Crippen LogP contribution in [0, 0.1) is 5.92 Å². The molecule has 0 aromatic heterocycles. The van der Waals surface area contributed by atoms with E-state index in [9.17, 15) is 5.11 Å². The van der Waals surface area contributed by atoms with Gasteiger partial charge in [-0.05, 0) is 26.7 Å². The highest BCUT2D eigenvalue weighted by Crippen LogP contribution is 2.41. The Balaban J connectivity index is 2.92. The standard InChI is InChI=1S/C12H24O3/c1-8(2)10-7-11(4,14-6)12(5,13)9(3)15-10/h8-10,13H,7H2,1-6H3/t9-,10+,11+,12-/m0/s1. The Bertz CT molecular complexity index is 225. The summed E-state index contributed by atoms with van der Waals surface area (Å²) in [6, 6.07) is 0. The topological polar surface area (TPSA) is 38.7 Å². The molecule has 1 fully saturated rings. The molecule has 1 saturated heterocycles. The van der Waals surface area contributed by atoms with Gasteiger partial charge in [0.2, 0.25) is 0 Å². The maximum absolute atomic E-state index is 10.4. The predicted octanol–water partition coefficient (Wildman–Crippen LogP) is 1.98. The first kappa shape index (κ1) is 12.9. The van der Waals surface area contributed by atoms with Crippen LogP contribution in [-0.4, -0.2) is 35.6 Å². The summed E-state index contributed by atoms with van der Waals surface area (Å²) in [6.07, 6.45) is 0.687. The van der Waals surface area contributed by atoms with Crippen molar-refractivity contribution in [3.8, 4) is 0 Å². The monoisotopic (exact) mass is 216 g/mol. The van der Waals surface area contributed by atoms with Gasteiger partial charge in [-0.15, -0.1) is 0 Å². The van der Waals surface area contributed by atoms with Gasteiger partial charge in [0.15, 0.2) is 0 Å². The molecule has 0 radical (unpaired) electrons. The molecule has 4 atom stereocenters. The van der Waals surface area contributed by atoms with E-state index in [0.717, 1.165) is 6.42 Å². The Labute approximate surface area is 92.8 Å². The lowest BCUT2D eigenvalue weighted by Crippen LogP contribution is -2.64. The normalized spacial score (nSPS) is 47.2.